The Bertz CT molecular complexity index is 384. The van der Waals surface area contributed by atoms with Crippen LogP contribution in [0.15, 0.2) is 17.2 Å². The van der Waals surface area contributed by atoms with Gasteiger partial charge in [0.2, 0.25) is 0 Å². The molecule has 1 fully saturated rings. The van der Waals surface area contributed by atoms with E-state index in [0.717, 1.165) is 6.54 Å². The Morgan fingerprint density at radius 3 is 3.27 bits per heavy atom. The van der Waals surface area contributed by atoms with Crippen molar-refractivity contribution in [2.75, 3.05) is 17.6 Å². The van der Waals surface area contributed by atoms with Gasteiger partial charge in [-0.1, -0.05) is 0 Å². The Balaban J connectivity index is 1.99. The van der Waals surface area contributed by atoms with Crippen molar-refractivity contribution < 1.29 is 0 Å². The summed E-state index contributed by atoms with van der Waals surface area (Å²) in [7, 11) is 0. The van der Waals surface area contributed by atoms with Crippen molar-refractivity contribution in [1.82, 2.24) is 9.97 Å². The van der Waals surface area contributed by atoms with Gasteiger partial charge in [-0.2, -0.15) is 11.8 Å². The molecule has 1 aliphatic heterocycles. The summed E-state index contributed by atoms with van der Waals surface area (Å²) in [6, 6.07) is 0. The van der Waals surface area contributed by atoms with Crippen molar-refractivity contribution in [3.63, 3.8) is 0 Å². The molecule has 1 saturated heterocycles. The molecule has 0 spiro atoms. The maximum Gasteiger partial charge on any atom is 0.290 e. The van der Waals surface area contributed by atoms with Crippen molar-refractivity contribution in [1.29, 1.82) is 0 Å². The van der Waals surface area contributed by atoms with Gasteiger partial charge < -0.3 is 10.3 Å². The summed E-state index contributed by atoms with van der Waals surface area (Å²) in [5.74, 6) is 1.64. The van der Waals surface area contributed by atoms with E-state index >= 15 is 0 Å². The fourth-order valence-electron chi connectivity index (χ4n) is 1.72. The Hall–Kier alpha value is -0.970. The Labute approximate surface area is 92.9 Å². The zero-order valence-corrected chi connectivity index (χ0v) is 9.56. The molecular weight excluding hydrogens is 210 g/mol. The number of aromatic amines is 1. The molecule has 4 nitrogen and oxygen atoms in total. The van der Waals surface area contributed by atoms with Gasteiger partial charge in [0.05, 0.1) is 0 Å². The topological polar surface area (TPSA) is 57.8 Å². The highest BCUT2D eigenvalue weighted by Gasteiger charge is 2.29. The van der Waals surface area contributed by atoms with Gasteiger partial charge in [0, 0.05) is 23.7 Å². The van der Waals surface area contributed by atoms with Crippen LogP contribution in [-0.4, -0.2) is 27.0 Å². The zero-order valence-electron chi connectivity index (χ0n) is 8.75. The number of nitrogens with one attached hydrogen (secondary N) is 2. The first-order valence-electron chi connectivity index (χ1n) is 5.11. The van der Waals surface area contributed by atoms with Crippen LogP contribution < -0.4 is 10.9 Å². The van der Waals surface area contributed by atoms with Crippen molar-refractivity contribution in [3.05, 3.63) is 22.7 Å². The number of H-pyrrole nitrogens is 1. The fraction of sp³-hybridized carbons (Fsp3) is 0.600. The third kappa shape index (κ3) is 2.53. The van der Waals surface area contributed by atoms with E-state index in [2.05, 4.69) is 22.2 Å². The average molecular weight is 225 g/mol. The summed E-state index contributed by atoms with van der Waals surface area (Å²) < 4.78 is 0.254. The van der Waals surface area contributed by atoms with Gasteiger partial charge in [-0.05, 0) is 25.5 Å². The number of aromatic nitrogens is 2. The second-order valence-electron chi connectivity index (χ2n) is 4.02. The second-order valence-corrected chi connectivity index (χ2v) is 5.70. The lowest BCUT2D eigenvalue weighted by Crippen LogP contribution is -2.29. The van der Waals surface area contributed by atoms with Crippen molar-refractivity contribution in [3.8, 4) is 0 Å². The van der Waals surface area contributed by atoms with Gasteiger partial charge in [0.15, 0.2) is 5.82 Å². The van der Waals surface area contributed by atoms with E-state index < -0.39 is 0 Å². The van der Waals surface area contributed by atoms with Crippen LogP contribution in [0.4, 0.5) is 5.82 Å². The highest BCUT2D eigenvalue weighted by Crippen LogP contribution is 2.37. The zero-order chi connectivity index (χ0) is 10.7. The summed E-state index contributed by atoms with van der Waals surface area (Å²) in [6.45, 7) is 3.03. The lowest BCUT2D eigenvalue weighted by atomic mass is 10.1. The molecule has 2 rings (SSSR count). The minimum absolute atomic E-state index is 0.149. The summed E-state index contributed by atoms with van der Waals surface area (Å²) in [5.41, 5.74) is -0.149. The molecule has 0 aromatic carbocycles. The van der Waals surface area contributed by atoms with Crippen LogP contribution in [-0.2, 0) is 0 Å². The van der Waals surface area contributed by atoms with E-state index in [4.69, 9.17) is 0 Å². The van der Waals surface area contributed by atoms with Gasteiger partial charge in [-0.25, -0.2) is 4.98 Å². The van der Waals surface area contributed by atoms with Crippen LogP contribution in [0.3, 0.4) is 0 Å². The van der Waals surface area contributed by atoms with Crippen LogP contribution >= 0.6 is 11.8 Å². The molecule has 0 saturated carbocycles. The van der Waals surface area contributed by atoms with Crippen LogP contribution in [0, 0.1) is 0 Å². The Kier molecular flexibility index (Phi) is 3.00. The first-order valence-corrected chi connectivity index (χ1v) is 6.10. The Morgan fingerprint density at radius 2 is 2.60 bits per heavy atom. The molecule has 2 N–H and O–H groups in total. The van der Waals surface area contributed by atoms with Crippen LogP contribution in [0.5, 0.6) is 0 Å². The predicted octanol–water partition coefficient (Wildman–Crippen LogP) is 1.47. The minimum atomic E-state index is -0.149. The number of nitrogens with zero attached hydrogens (tertiary/aromatic N) is 1. The van der Waals surface area contributed by atoms with E-state index in [-0.39, 0.29) is 10.3 Å². The molecule has 0 amide bonds. The number of hydrogen-bond acceptors (Lipinski definition) is 4. The number of thioether (sulfide) groups is 1. The van der Waals surface area contributed by atoms with Crippen LogP contribution in [0.1, 0.15) is 19.8 Å². The fourth-order valence-corrected chi connectivity index (χ4v) is 2.97. The molecule has 15 heavy (non-hydrogen) atoms. The molecule has 2 heterocycles. The molecule has 5 heteroatoms. The van der Waals surface area contributed by atoms with Gasteiger partial charge in [-0.15, -0.1) is 0 Å². The van der Waals surface area contributed by atoms with Crippen molar-refractivity contribution in [2.24, 2.45) is 0 Å². The largest absolute Gasteiger partial charge is 0.364 e. The maximum atomic E-state index is 11.3. The van der Waals surface area contributed by atoms with Gasteiger partial charge in [0.25, 0.3) is 5.56 Å². The molecule has 1 aliphatic rings. The molecule has 82 valence electrons. The van der Waals surface area contributed by atoms with E-state index in [1.54, 1.807) is 12.4 Å². The van der Waals surface area contributed by atoms with Gasteiger partial charge in [0.1, 0.15) is 0 Å². The lowest BCUT2D eigenvalue weighted by Gasteiger charge is -2.22. The smallest absolute Gasteiger partial charge is 0.290 e. The van der Waals surface area contributed by atoms with Crippen LogP contribution in [0.2, 0.25) is 0 Å². The van der Waals surface area contributed by atoms with Gasteiger partial charge >= 0.3 is 0 Å². The number of hydrogen-bond donors (Lipinski definition) is 2. The molecule has 0 bridgehead atoms. The van der Waals surface area contributed by atoms with Crippen molar-refractivity contribution in [2.45, 2.75) is 24.5 Å². The Morgan fingerprint density at radius 1 is 1.73 bits per heavy atom. The molecule has 0 radical (unpaired) electrons. The minimum Gasteiger partial charge on any atom is -0.364 e. The lowest BCUT2D eigenvalue weighted by molar-refractivity contribution is 0.633. The third-order valence-electron chi connectivity index (χ3n) is 2.64. The first kappa shape index (κ1) is 10.5. The monoisotopic (exact) mass is 225 g/mol. The standard InChI is InChI=1S/C10H15N3OS/c1-10(3-2-6-15-10)7-13-8-9(14)12-5-4-11-8/h4-5H,2-3,6-7H2,1H3,(H,11,13)(H,12,14). The molecule has 0 aliphatic carbocycles. The highest BCUT2D eigenvalue weighted by molar-refractivity contribution is 8.00. The third-order valence-corrected chi connectivity index (χ3v) is 4.18. The van der Waals surface area contributed by atoms with E-state index in [1.807, 2.05) is 11.8 Å². The predicted molar refractivity (Wildman–Crippen MR) is 63.4 cm³/mol. The quantitative estimate of drug-likeness (QED) is 0.818. The molecule has 1 unspecified atom stereocenters. The highest BCUT2D eigenvalue weighted by atomic mass is 32.2. The van der Waals surface area contributed by atoms with Crippen LogP contribution in [0.25, 0.3) is 0 Å². The van der Waals surface area contributed by atoms with Crippen molar-refractivity contribution >= 4 is 17.6 Å². The summed E-state index contributed by atoms with van der Waals surface area (Å²) >= 11 is 1.97. The average Bonchev–Trinajstić information content (AvgIpc) is 2.65. The van der Waals surface area contributed by atoms with E-state index in [9.17, 15) is 4.79 Å². The molecule has 1 atom stereocenters. The van der Waals surface area contributed by atoms with E-state index in [1.165, 1.54) is 18.6 Å². The van der Waals surface area contributed by atoms with Gasteiger partial charge in [-0.3, -0.25) is 4.79 Å². The summed E-state index contributed by atoms with van der Waals surface area (Å²) in [6.07, 6.45) is 5.60. The molecule has 1 aromatic rings. The first-order chi connectivity index (χ1) is 7.20. The van der Waals surface area contributed by atoms with E-state index in [0.29, 0.717) is 5.82 Å². The summed E-state index contributed by atoms with van der Waals surface area (Å²) in [5, 5.41) is 3.12. The number of rotatable bonds is 3. The molecular formula is C10H15N3OS. The normalized spacial score (nSPS) is 25.4. The number of anilines is 1. The second kappa shape index (κ2) is 4.26. The SMILES string of the molecule is CC1(CNc2ncc[nH]c2=O)CCCS1. The summed E-state index contributed by atoms with van der Waals surface area (Å²) in [4.78, 5) is 17.9. The maximum absolute atomic E-state index is 11.3. The molecule has 1 aromatic heterocycles.